The Hall–Kier alpha value is -2.01. The van der Waals surface area contributed by atoms with E-state index in [4.69, 9.17) is 4.43 Å². The van der Waals surface area contributed by atoms with Crippen molar-refractivity contribution in [2.75, 3.05) is 0 Å². The van der Waals surface area contributed by atoms with E-state index in [1.165, 1.54) is 0 Å². The van der Waals surface area contributed by atoms with Crippen molar-refractivity contribution in [3.05, 3.63) is 54.1 Å². The van der Waals surface area contributed by atoms with Crippen LogP contribution in [-0.2, 0) is 6.54 Å². The number of hydrogen-bond donors (Lipinski definition) is 0. The van der Waals surface area contributed by atoms with Gasteiger partial charge in [0.25, 0.3) is 0 Å². The molecule has 0 spiro atoms. The highest BCUT2D eigenvalue weighted by Crippen LogP contribution is 2.22. The summed E-state index contributed by atoms with van der Waals surface area (Å²) in [5, 5.41) is 0. The van der Waals surface area contributed by atoms with E-state index >= 15 is 0 Å². The van der Waals surface area contributed by atoms with E-state index in [0.717, 1.165) is 11.3 Å². The largest absolute Gasteiger partial charge is 0.544 e. The number of rotatable bonds is 5. The molecule has 0 saturated heterocycles. The molecule has 0 fully saturated rings. The van der Waals surface area contributed by atoms with Gasteiger partial charge in [-0.1, -0.05) is 18.2 Å². The maximum absolute atomic E-state index is 6.07. The van der Waals surface area contributed by atoms with E-state index in [0.29, 0.717) is 12.4 Å². The van der Waals surface area contributed by atoms with Crippen molar-refractivity contribution in [3.8, 4) is 5.75 Å². The SMILES string of the molecule is C[Si](C)(C)Oc1ccccc1CN=Cc1ncccn1. The Morgan fingerprint density at radius 3 is 2.50 bits per heavy atom. The third kappa shape index (κ3) is 4.58. The second-order valence-electron chi connectivity index (χ2n) is 5.40. The third-order valence-electron chi connectivity index (χ3n) is 2.44. The number of aliphatic imine (C=N–C) groups is 1. The summed E-state index contributed by atoms with van der Waals surface area (Å²) in [6.07, 6.45) is 5.10. The summed E-state index contributed by atoms with van der Waals surface area (Å²) in [5.41, 5.74) is 1.09. The van der Waals surface area contributed by atoms with Crippen molar-refractivity contribution in [1.29, 1.82) is 0 Å². The van der Waals surface area contributed by atoms with E-state index in [1.807, 2.05) is 24.3 Å². The molecule has 0 atom stereocenters. The Labute approximate surface area is 120 Å². The second-order valence-corrected chi connectivity index (χ2v) is 9.83. The topological polar surface area (TPSA) is 47.4 Å². The number of hydrogen-bond acceptors (Lipinski definition) is 4. The summed E-state index contributed by atoms with van der Waals surface area (Å²) >= 11 is 0. The van der Waals surface area contributed by atoms with Gasteiger partial charge < -0.3 is 4.43 Å². The summed E-state index contributed by atoms with van der Waals surface area (Å²) in [6.45, 7) is 7.08. The van der Waals surface area contributed by atoms with Gasteiger partial charge in [-0.05, 0) is 31.8 Å². The molecule has 0 unspecified atom stereocenters. The molecular weight excluding hydrogens is 266 g/mol. The summed E-state index contributed by atoms with van der Waals surface area (Å²) in [6, 6.07) is 9.82. The van der Waals surface area contributed by atoms with Crippen LogP contribution in [0.1, 0.15) is 11.4 Å². The Morgan fingerprint density at radius 2 is 1.80 bits per heavy atom. The highest BCUT2D eigenvalue weighted by molar-refractivity contribution is 6.70. The molecular formula is C15H19N3OSi. The van der Waals surface area contributed by atoms with Gasteiger partial charge in [-0.2, -0.15) is 0 Å². The van der Waals surface area contributed by atoms with Crippen LogP contribution in [0.3, 0.4) is 0 Å². The lowest BCUT2D eigenvalue weighted by atomic mass is 10.2. The summed E-state index contributed by atoms with van der Waals surface area (Å²) in [4.78, 5) is 12.6. The molecule has 4 nitrogen and oxygen atoms in total. The normalized spacial score (nSPS) is 11.8. The van der Waals surface area contributed by atoms with E-state index in [9.17, 15) is 0 Å². The first-order chi connectivity index (χ1) is 9.54. The molecule has 0 radical (unpaired) electrons. The van der Waals surface area contributed by atoms with Crippen LogP contribution in [0.25, 0.3) is 0 Å². The lowest BCUT2D eigenvalue weighted by Crippen LogP contribution is -2.29. The molecule has 0 aliphatic carbocycles. The van der Waals surface area contributed by atoms with Gasteiger partial charge >= 0.3 is 0 Å². The fourth-order valence-electron chi connectivity index (χ4n) is 1.67. The smallest absolute Gasteiger partial charge is 0.242 e. The predicted molar refractivity (Wildman–Crippen MR) is 83.7 cm³/mol. The molecule has 20 heavy (non-hydrogen) atoms. The number of para-hydroxylation sites is 1. The van der Waals surface area contributed by atoms with Gasteiger partial charge in [0.1, 0.15) is 5.75 Å². The molecule has 0 aliphatic rings. The van der Waals surface area contributed by atoms with Crippen LogP contribution in [0.4, 0.5) is 0 Å². The Morgan fingerprint density at radius 1 is 1.10 bits per heavy atom. The molecule has 1 aromatic carbocycles. The van der Waals surface area contributed by atoms with Gasteiger partial charge in [0.15, 0.2) is 5.82 Å². The van der Waals surface area contributed by atoms with Crippen molar-refractivity contribution in [2.45, 2.75) is 26.2 Å². The highest BCUT2D eigenvalue weighted by atomic mass is 28.4. The first-order valence-corrected chi connectivity index (χ1v) is 9.99. The number of aromatic nitrogens is 2. The molecule has 0 amide bonds. The number of nitrogens with zero attached hydrogens (tertiary/aromatic N) is 3. The Bertz CT molecular complexity index is 579. The van der Waals surface area contributed by atoms with Crippen LogP contribution < -0.4 is 4.43 Å². The minimum absolute atomic E-state index is 0.568. The molecule has 2 aromatic rings. The van der Waals surface area contributed by atoms with Gasteiger partial charge in [0.05, 0.1) is 12.8 Å². The first-order valence-electron chi connectivity index (χ1n) is 6.58. The zero-order valence-corrected chi connectivity index (χ0v) is 13.1. The minimum Gasteiger partial charge on any atom is -0.544 e. The molecule has 0 N–H and O–H groups in total. The average molecular weight is 285 g/mol. The average Bonchev–Trinajstić information content (AvgIpc) is 2.40. The Balaban J connectivity index is 2.08. The second kappa shape index (κ2) is 6.43. The lowest BCUT2D eigenvalue weighted by Gasteiger charge is -2.21. The van der Waals surface area contributed by atoms with Crippen LogP contribution in [0.2, 0.25) is 19.6 Å². The molecule has 1 aromatic heterocycles. The van der Waals surface area contributed by atoms with Crippen molar-refractivity contribution >= 4 is 14.5 Å². The molecule has 2 rings (SSSR count). The van der Waals surface area contributed by atoms with Crippen molar-refractivity contribution in [3.63, 3.8) is 0 Å². The van der Waals surface area contributed by atoms with Crippen LogP contribution in [0, 0.1) is 0 Å². The van der Waals surface area contributed by atoms with Crippen LogP contribution in [-0.4, -0.2) is 24.5 Å². The van der Waals surface area contributed by atoms with Gasteiger partial charge in [0, 0.05) is 18.0 Å². The molecule has 0 bridgehead atoms. The van der Waals surface area contributed by atoms with Crippen molar-refractivity contribution < 1.29 is 4.43 Å². The maximum atomic E-state index is 6.07. The summed E-state index contributed by atoms with van der Waals surface area (Å²) in [7, 11) is -1.61. The van der Waals surface area contributed by atoms with Gasteiger partial charge in [0.2, 0.25) is 8.32 Å². The quantitative estimate of drug-likeness (QED) is 0.625. The van der Waals surface area contributed by atoms with Gasteiger partial charge in [-0.3, -0.25) is 4.99 Å². The van der Waals surface area contributed by atoms with Crippen LogP contribution >= 0.6 is 0 Å². The van der Waals surface area contributed by atoms with E-state index in [-0.39, 0.29) is 0 Å². The van der Waals surface area contributed by atoms with E-state index < -0.39 is 8.32 Å². The van der Waals surface area contributed by atoms with Crippen LogP contribution in [0.15, 0.2) is 47.7 Å². The summed E-state index contributed by atoms with van der Waals surface area (Å²) in [5.74, 6) is 1.55. The fourth-order valence-corrected chi connectivity index (χ4v) is 2.53. The van der Waals surface area contributed by atoms with Crippen LogP contribution in [0.5, 0.6) is 5.75 Å². The zero-order chi connectivity index (χ0) is 14.4. The Kier molecular flexibility index (Phi) is 4.63. The predicted octanol–water partition coefficient (Wildman–Crippen LogP) is 3.31. The van der Waals surface area contributed by atoms with E-state index in [2.05, 4.69) is 34.6 Å². The molecule has 104 valence electrons. The zero-order valence-electron chi connectivity index (χ0n) is 12.1. The third-order valence-corrected chi connectivity index (χ3v) is 3.28. The molecule has 0 saturated carbocycles. The van der Waals surface area contributed by atoms with Gasteiger partial charge in [-0.15, -0.1) is 0 Å². The van der Waals surface area contributed by atoms with Gasteiger partial charge in [-0.25, -0.2) is 9.97 Å². The maximum Gasteiger partial charge on any atom is 0.242 e. The monoisotopic (exact) mass is 285 g/mol. The lowest BCUT2D eigenvalue weighted by molar-refractivity contribution is 0.549. The molecule has 1 heterocycles. The standard InChI is InChI=1S/C15H19N3OSi/c1-20(2,3)19-14-8-5-4-7-13(14)11-16-12-15-17-9-6-10-18-15/h4-10,12H,11H2,1-3H3. The minimum atomic E-state index is -1.61. The molecule has 0 aliphatic heterocycles. The first kappa shape index (κ1) is 14.4. The molecule has 5 heteroatoms. The van der Waals surface area contributed by atoms with Crippen molar-refractivity contribution in [2.24, 2.45) is 4.99 Å². The van der Waals surface area contributed by atoms with Crippen molar-refractivity contribution in [1.82, 2.24) is 9.97 Å². The van der Waals surface area contributed by atoms with E-state index in [1.54, 1.807) is 24.7 Å². The number of benzene rings is 1. The summed E-state index contributed by atoms with van der Waals surface area (Å²) < 4.78 is 6.07. The fraction of sp³-hybridized carbons (Fsp3) is 0.267. The highest BCUT2D eigenvalue weighted by Gasteiger charge is 2.17.